The summed E-state index contributed by atoms with van der Waals surface area (Å²) in [6.45, 7) is 9.63. The SMILES string of the molecule is COC(=O)C(Cc1cc(C)c2nn(S(=O)(=O)CC[Si](C)(C)C)cc2c1)NC(=O)N1CCC(N2Cc3ccccc3NC2=O)CC1. The van der Waals surface area contributed by atoms with Crippen molar-refractivity contribution in [3.05, 3.63) is 59.3 Å². The van der Waals surface area contributed by atoms with Crippen LogP contribution in [0.25, 0.3) is 10.9 Å². The van der Waals surface area contributed by atoms with E-state index in [0.29, 0.717) is 49.4 Å². The van der Waals surface area contributed by atoms with Crippen LogP contribution in [0, 0.1) is 6.92 Å². The number of piperidine rings is 1. The standard InChI is InChI=1S/C31H42N6O6SSi/c1-21-16-22(17-24-20-37(34-28(21)24)44(41,42)14-15-45(3,4)5)18-27(29(38)43-2)33-30(39)35-12-10-25(11-13-35)36-19-23-8-6-7-9-26(23)32-31(36)40/h6-9,16-17,20,25,27H,10-15,18-19H2,1-5H3,(H,32,40)(H,33,39). The van der Waals surface area contributed by atoms with Crippen molar-refractivity contribution in [2.75, 3.05) is 31.3 Å². The summed E-state index contributed by atoms with van der Waals surface area (Å²) in [5.41, 5.74) is 3.97. The average Bonchev–Trinajstić information content (AvgIpc) is 3.45. The molecule has 5 rings (SSSR count). The Morgan fingerprint density at radius 2 is 1.87 bits per heavy atom. The molecule has 0 bridgehead atoms. The fourth-order valence-electron chi connectivity index (χ4n) is 5.86. The van der Waals surface area contributed by atoms with E-state index in [9.17, 15) is 22.8 Å². The zero-order valence-electron chi connectivity index (χ0n) is 26.5. The Morgan fingerprint density at radius 3 is 2.56 bits per heavy atom. The summed E-state index contributed by atoms with van der Waals surface area (Å²) in [5, 5.41) is 10.8. The van der Waals surface area contributed by atoms with E-state index in [4.69, 9.17) is 4.74 Å². The summed E-state index contributed by atoms with van der Waals surface area (Å²) in [7, 11) is -3.89. The van der Waals surface area contributed by atoms with Crippen LogP contribution in [0.1, 0.15) is 29.5 Å². The minimum atomic E-state index is -3.60. The average molecular weight is 655 g/mol. The molecule has 4 amide bonds. The van der Waals surface area contributed by atoms with E-state index >= 15 is 0 Å². The highest BCUT2D eigenvalue weighted by Crippen LogP contribution is 2.28. The van der Waals surface area contributed by atoms with Crippen LogP contribution in [0.3, 0.4) is 0 Å². The number of carbonyl (C=O) groups excluding carboxylic acids is 3. The highest BCUT2D eigenvalue weighted by atomic mass is 32.2. The maximum Gasteiger partial charge on any atom is 0.328 e. The van der Waals surface area contributed by atoms with Gasteiger partial charge in [-0.05, 0) is 54.6 Å². The lowest BCUT2D eigenvalue weighted by Crippen LogP contribution is -2.54. The molecular weight excluding hydrogens is 613 g/mol. The van der Waals surface area contributed by atoms with Gasteiger partial charge in [0.1, 0.15) is 6.04 Å². The van der Waals surface area contributed by atoms with Crippen LogP contribution in [0.5, 0.6) is 0 Å². The molecule has 1 saturated heterocycles. The van der Waals surface area contributed by atoms with Crippen molar-refractivity contribution < 1.29 is 27.5 Å². The number of aromatic nitrogens is 2. The molecule has 1 fully saturated rings. The van der Waals surface area contributed by atoms with E-state index in [1.165, 1.54) is 13.3 Å². The maximum atomic E-state index is 13.3. The maximum absolute atomic E-state index is 13.3. The molecule has 45 heavy (non-hydrogen) atoms. The first-order valence-corrected chi connectivity index (χ1v) is 20.6. The molecule has 0 radical (unpaired) electrons. The van der Waals surface area contributed by atoms with E-state index in [0.717, 1.165) is 26.5 Å². The summed E-state index contributed by atoms with van der Waals surface area (Å²) >= 11 is 0. The number of urea groups is 2. The number of nitrogens with zero attached hydrogens (tertiary/aromatic N) is 4. The first kappa shape index (κ1) is 32.5. The minimum Gasteiger partial charge on any atom is -0.467 e. The minimum absolute atomic E-state index is 0.00576. The molecule has 2 aromatic carbocycles. The van der Waals surface area contributed by atoms with Crippen LogP contribution in [0.2, 0.25) is 25.7 Å². The molecule has 2 aliphatic rings. The van der Waals surface area contributed by atoms with Crippen LogP contribution < -0.4 is 10.6 Å². The summed E-state index contributed by atoms with van der Waals surface area (Å²) in [4.78, 5) is 42.3. The van der Waals surface area contributed by atoms with Crippen LogP contribution in [0.15, 0.2) is 42.6 Å². The second-order valence-electron chi connectivity index (χ2n) is 13.1. The Bertz CT molecular complexity index is 1710. The van der Waals surface area contributed by atoms with Crippen LogP contribution in [-0.4, -0.2) is 91.5 Å². The van der Waals surface area contributed by atoms with Crippen LogP contribution in [0.4, 0.5) is 15.3 Å². The number of hydrogen-bond acceptors (Lipinski definition) is 7. The summed E-state index contributed by atoms with van der Waals surface area (Å²) in [5.74, 6) is -0.542. The fourth-order valence-corrected chi connectivity index (χ4v) is 10.0. The second-order valence-corrected chi connectivity index (χ2v) is 20.7. The molecular formula is C31H42N6O6SSi. The molecule has 0 spiro atoms. The second kappa shape index (κ2) is 12.8. The predicted octanol–water partition coefficient (Wildman–Crippen LogP) is 4.17. The zero-order valence-corrected chi connectivity index (χ0v) is 28.3. The largest absolute Gasteiger partial charge is 0.467 e. The van der Waals surface area contributed by atoms with E-state index < -0.39 is 30.1 Å². The molecule has 3 aromatic rings. The topological polar surface area (TPSA) is 143 Å². The van der Waals surface area contributed by atoms with Crippen LogP contribution >= 0.6 is 0 Å². The van der Waals surface area contributed by atoms with Gasteiger partial charge in [0.05, 0.1) is 24.6 Å². The lowest BCUT2D eigenvalue weighted by atomic mass is 10.0. The zero-order chi connectivity index (χ0) is 32.5. The lowest BCUT2D eigenvalue weighted by molar-refractivity contribution is -0.142. The number of amides is 4. The van der Waals surface area contributed by atoms with Crippen molar-refractivity contribution in [2.45, 2.75) is 70.5 Å². The Kier molecular flexibility index (Phi) is 9.26. The Hall–Kier alpha value is -3.91. The monoisotopic (exact) mass is 654 g/mol. The quantitative estimate of drug-likeness (QED) is 0.261. The van der Waals surface area contributed by atoms with Gasteiger partial charge in [0, 0.05) is 51.2 Å². The van der Waals surface area contributed by atoms with Gasteiger partial charge >= 0.3 is 18.0 Å². The number of aryl methyl sites for hydroxylation is 1. The van der Waals surface area contributed by atoms with Crippen molar-refractivity contribution in [2.24, 2.45) is 0 Å². The third-order valence-electron chi connectivity index (χ3n) is 8.51. The number of carbonyl (C=O) groups is 3. The number of para-hydroxylation sites is 1. The summed E-state index contributed by atoms with van der Waals surface area (Å²) in [6, 6.07) is 10.6. The van der Waals surface area contributed by atoms with Crippen molar-refractivity contribution >= 4 is 52.7 Å². The van der Waals surface area contributed by atoms with Gasteiger partial charge in [0.15, 0.2) is 0 Å². The summed E-state index contributed by atoms with van der Waals surface area (Å²) in [6.07, 6.45) is 2.91. The molecule has 0 aliphatic carbocycles. The first-order chi connectivity index (χ1) is 21.2. The molecule has 12 nitrogen and oxygen atoms in total. The molecule has 1 atom stereocenters. The number of ether oxygens (including phenoxy) is 1. The van der Waals surface area contributed by atoms with Gasteiger partial charge in [0.2, 0.25) is 0 Å². The molecule has 2 N–H and O–H groups in total. The molecule has 242 valence electrons. The molecule has 1 unspecified atom stereocenters. The third kappa shape index (κ3) is 7.49. The van der Waals surface area contributed by atoms with Gasteiger partial charge in [-0.1, -0.05) is 43.9 Å². The summed E-state index contributed by atoms with van der Waals surface area (Å²) < 4.78 is 32.0. The van der Waals surface area contributed by atoms with Gasteiger partial charge in [-0.3, -0.25) is 0 Å². The first-order valence-electron chi connectivity index (χ1n) is 15.2. The van der Waals surface area contributed by atoms with E-state index in [-0.39, 0.29) is 30.3 Å². The molecule has 0 saturated carbocycles. The number of benzene rings is 2. The van der Waals surface area contributed by atoms with Crippen molar-refractivity contribution in [1.82, 2.24) is 24.3 Å². The normalized spacial score (nSPS) is 16.7. The number of anilines is 1. The third-order valence-corrected chi connectivity index (χ3v) is 12.1. The number of methoxy groups -OCH3 is 1. The smallest absolute Gasteiger partial charge is 0.328 e. The van der Waals surface area contributed by atoms with E-state index in [1.807, 2.05) is 42.2 Å². The number of rotatable bonds is 9. The Balaban J connectivity index is 1.23. The molecule has 2 aliphatic heterocycles. The van der Waals surface area contributed by atoms with Crippen molar-refractivity contribution in [1.29, 1.82) is 0 Å². The van der Waals surface area contributed by atoms with E-state index in [1.54, 1.807) is 11.0 Å². The Morgan fingerprint density at radius 1 is 1.16 bits per heavy atom. The Labute approximate surface area is 265 Å². The molecule has 1 aromatic heterocycles. The van der Waals surface area contributed by atoms with Crippen LogP contribution in [-0.2, 0) is 32.5 Å². The van der Waals surface area contributed by atoms with Gasteiger partial charge in [-0.15, -0.1) is 0 Å². The van der Waals surface area contributed by atoms with Gasteiger partial charge in [0.25, 0.3) is 10.0 Å². The number of likely N-dealkylation sites (tertiary alicyclic amines) is 1. The van der Waals surface area contributed by atoms with Crippen molar-refractivity contribution in [3.8, 4) is 0 Å². The van der Waals surface area contributed by atoms with Gasteiger partial charge in [-0.2, -0.15) is 9.19 Å². The fraction of sp³-hybridized carbons (Fsp3) is 0.484. The predicted molar refractivity (Wildman–Crippen MR) is 175 cm³/mol. The lowest BCUT2D eigenvalue weighted by Gasteiger charge is -2.40. The van der Waals surface area contributed by atoms with Crippen molar-refractivity contribution in [3.63, 3.8) is 0 Å². The highest BCUT2D eigenvalue weighted by Gasteiger charge is 2.34. The van der Waals surface area contributed by atoms with Gasteiger partial charge in [-0.25, -0.2) is 22.8 Å². The highest BCUT2D eigenvalue weighted by molar-refractivity contribution is 7.89. The molecule has 14 heteroatoms. The molecule has 3 heterocycles. The van der Waals surface area contributed by atoms with Gasteiger partial charge < -0.3 is 25.2 Å². The number of esters is 1. The number of fused-ring (bicyclic) bond motifs is 2. The number of hydrogen-bond donors (Lipinski definition) is 2. The van der Waals surface area contributed by atoms with E-state index in [2.05, 4.69) is 35.4 Å². The number of nitrogens with one attached hydrogen (secondary N) is 2.